The minimum atomic E-state index is -0.285. The van der Waals surface area contributed by atoms with Gasteiger partial charge >= 0.3 is 0 Å². The van der Waals surface area contributed by atoms with Crippen molar-refractivity contribution in [2.45, 2.75) is 6.42 Å². The topological polar surface area (TPSA) is 64.3 Å². The van der Waals surface area contributed by atoms with Crippen LogP contribution in [-0.2, 0) is 0 Å². The Labute approximate surface area is 131 Å². The van der Waals surface area contributed by atoms with Crippen molar-refractivity contribution < 1.29 is 9.13 Å². The SMILES string of the molecule is COc1nc(N(CCCN)c2ccc(F)cc2)ncc1Br. The molecule has 0 aliphatic heterocycles. The first-order valence-corrected chi connectivity index (χ1v) is 7.24. The Balaban J connectivity index is 2.37. The van der Waals surface area contributed by atoms with Crippen molar-refractivity contribution in [3.63, 3.8) is 0 Å². The van der Waals surface area contributed by atoms with Crippen LogP contribution < -0.4 is 15.4 Å². The van der Waals surface area contributed by atoms with Gasteiger partial charge in [-0.15, -0.1) is 0 Å². The zero-order chi connectivity index (χ0) is 15.2. The molecule has 0 unspecified atom stereocenters. The maximum Gasteiger partial charge on any atom is 0.233 e. The number of halogens is 2. The predicted octanol–water partition coefficient (Wildman–Crippen LogP) is 2.87. The number of methoxy groups -OCH3 is 1. The predicted molar refractivity (Wildman–Crippen MR) is 83.4 cm³/mol. The first-order chi connectivity index (χ1) is 10.2. The minimum absolute atomic E-state index is 0.285. The van der Waals surface area contributed by atoms with Gasteiger partial charge in [-0.05, 0) is 53.2 Å². The molecule has 0 spiro atoms. The molecule has 0 saturated heterocycles. The van der Waals surface area contributed by atoms with Gasteiger partial charge in [-0.3, -0.25) is 0 Å². The van der Waals surface area contributed by atoms with Crippen LogP contribution in [0, 0.1) is 5.82 Å². The lowest BCUT2D eigenvalue weighted by Gasteiger charge is -2.23. The van der Waals surface area contributed by atoms with Gasteiger partial charge in [0.25, 0.3) is 0 Å². The molecule has 2 N–H and O–H groups in total. The van der Waals surface area contributed by atoms with Gasteiger partial charge in [0, 0.05) is 12.2 Å². The Kier molecular flexibility index (Phi) is 5.46. The number of rotatable bonds is 6. The van der Waals surface area contributed by atoms with Gasteiger partial charge in [-0.25, -0.2) is 9.37 Å². The van der Waals surface area contributed by atoms with Crippen LogP contribution in [0.4, 0.5) is 16.0 Å². The number of benzene rings is 1. The van der Waals surface area contributed by atoms with Gasteiger partial charge in [0.15, 0.2) is 0 Å². The largest absolute Gasteiger partial charge is 0.480 e. The van der Waals surface area contributed by atoms with Gasteiger partial charge < -0.3 is 15.4 Å². The normalized spacial score (nSPS) is 10.5. The second-order valence-electron chi connectivity index (χ2n) is 4.30. The maximum atomic E-state index is 13.1. The molecule has 0 saturated carbocycles. The number of anilines is 2. The third kappa shape index (κ3) is 3.89. The second kappa shape index (κ2) is 7.33. The number of nitrogens with two attached hydrogens (primary N) is 1. The van der Waals surface area contributed by atoms with Crippen LogP contribution in [-0.4, -0.2) is 30.2 Å². The van der Waals surface area contributed by atoms with Gasteiger partial charge in [0.1, 0.15) is 5.82 Å². The lowest BCUT2D eigenvalue weighted by molar-refractivity contribution is 0.394. The Hall–Kier alpha value is -1.73. The third-order valence-corrected chi connectivity index (χ3v) is 3.40. The number of aromatic nitrogens is 2. The molecule has 0 amide bonds. The van der Waals surface area contributed by atoms with Crippen molar-refractivity contribution in [1.29, 1.82) is 0 Å². The van der Waals surface area contributed by atoms with E-state index in [1.807, 2.05) is 4.90 Å². The zero-order valence-electron chi connectivity index (χ0n) is 11.6. The highest BCUT2D eigenvalue weighted by Crippen LogP contribution is 2.27. The minimum Gasteiger partial charge on any atom is -0.480 e. The van der Waals surface area contributed by atoms with E-state index < -0.39 is 0 Å². The van der Waals surface area contributed by atoms with E-state index in [0.717, 1.165) is 12.1 Å². The van der Waals surface area contributed by atoms with Crippen LogP contribution in [0.3, 0.4) is 0 Å². The number of hydrogen-bond donors (Lipinski definition) is 1. The van der Waals surface area contributed by atoms with E-state index in [2.05, 4.69) is 25.9 Å². The van der Waals surface area contributed by atoms with Crippen LogP contribution in [0.2, 0.25) is 0 Å². The molecule has 0 bridgehead atoms. The lowest BCUT2D eigenvalue weighted by atomic mass is 10.2. The smallest absolute Gasteiger partial charge is 0.233 e. The Morgan fingerprint density at radius 1 is 1.33 bits per heavy atom. The molecular formula is C14H16BrFN4O. The van der Waals surface area contributed by atoms with Crippen molar-refractivity contribution in [3.8, 4) is 5.88 Å². The summed E-state index contributed by atoms with van der Waals surface area (Å²) in [4.78, 5) is 10.5. The van der Waals surface area contributed by atoms with Crippen molar-refractivity contribution in [1.82, 2.24) is 9.97 Å². The van der Waals surface area contributed by atoms with Crippen LogP contribution in [0.5, 0.6) is 5.88 Å². The van der Waals surface area contributed by atoms with Crippen LogP contribution in [0.25, 0.3) is 0 Å². The average Bonchev–Trinajstić information content (AvgIpc) is 2.50. The molecule has 2 rings (SSSR count). The molecule has 21 heavy (non-hydrogen) atoms. The molecule has 5 nitrogen and oxygen atoms in total. The molecule has 0 aliphatic carbocycles. The summed E-state index contributed by atoms with van der Waals surface area (Å²) in [6.07, 6.45) is 2.39. The highest BCUT2D eigenvalue weighted by molar-refractivity contribution is 9.10. The van der Waals surface area contributed by atoms with Crippen LogP contribution in [0.15, 0.2) is 34.9 Å². The molecule has 1 aromatic heterocycles. The average molecular weight is 355 g/mol. The van der Waals surface area contributed by atoms with E-state index in [9.17, 15) is 4.39 Å². The van der Waals surface area contributed by atoms with Crippen LogP contribution in [0.1, 0.15) is 6.42 Å². The third-order valence-electron chi connectivity index (χ3n) is 2.86. The van der Waals surface area contributed by atoms with Crippen molar-refractivity contribution in [2.24, 2.45) is 5.73 Å². The standard InChI is InChI=1S/C14H16BrFN4O/c1-21-13-12(15)9-18-14(19-13)20(8-2-7-17)11-5-3-10(16)4-6-11/h3-6,9H,2,7-8,17H2,1H3. The van der Waals surface area contributed by atoms with E-state index in [1.165, 1.54) is 12.1 Å². The molecular weight excluding hydrogens is 339 g/mol. The monoisotopic (exact) mass is 354 g/mol. The zero-order valence-corrected chi connectivity index (χ0v) is 13.2. The van der Waals surface area contributed by atoms with Crippen LogP contribution >= 0.6 is 15.9 Å². The van der Waals surface area contributed by atoms with Gasteiger partial charge in [-0.1, -0.05) is 0 Å². The number of nitrogens with zero attached hydrogens (tertiary/aromatic N) is 3. The lowest BCUT2D eigenvalue weighted by Crippen LogP contribution is -2.23. The van der Waals surface area contributed by atoms with E-state index >= 15 is 0 Å². The fraction of sp³-hybridized carbons (Fsp3) is 0.286. The summed E-state index contributed by atoms with van der Waals surface area (Å²) in [7, 11) is 1.54. The first-order valence-electron chi connectivity index (χ1n) is 6.45. The summed E-state index contributed by atoms with van der Waals surface area (Å²) < 4.78 is 18.9. The highest BCUT2D eigenvalue weighted by atomic mass is 79.9. The maximum absolute atomic E-state index is 13.1. The Bertz CT molecular complexity index is 594. The van der Waals surface area contributed by atoms with Crippen molar-refractivity contribution >= 4 is 27.6 Å². The summed E-state index contributed by atoms with van der Waals surface area (Å²) in [5.74, 6) is 0.641. The summed E-state index contributed by atoms with van der Waals surface area (Å²) in [6.45, 7) is 1.18. The fourth-order valence-electron chi connectivity index (χ4n) is 1.83. The molecule has 0 fully saturated rings. The Morgan fingerprint density at radius 2 is 2.05 bits per heavy atom. The molecule has 1 aromatic carbocycles. The molecule has 0 aliphatic rings. The van der Waals surface area contributed by atoms with Gasteiger partial charge in [-0.2, -0.15) is 4.98 Å². The second-order valence-corrected chi connectivity index (χ2v) is 5.15. The Morgan fingerprint density at radius 3 is 2.67 bits per heavy atom. The molecule has 2 aromatic rings. The summed E-state index contributed by atoms with van der Waals surface area (Å²) in [5, 5.41) is 0. The summed E-state index contributed by atoms with van der Waals surface area (Å²) in [6, 6.07) is 6.18. The summed E-state index contributed by atoms with van der Waals surface area (Å²) >= 11 is 3.32. The first kappa shape index (κ1) is 15.7. The number of hydrogen-bond acceptors (Lipinski definition) is 5. The van der Waals surface area contributed by atoms with E-state index in [-0.39, 0.29) is 5.82 Å². The molecule has 0 atom stereocenters. The molecule has 0 radical (unpaired) electrons. The quantitative estimate of drug-likeness (QED) is 0.863. The fourth-order valence-corrected chi connectivity index (χ4v) is 2.18. The molecule has 112 valence electrons. The molecule has 1 heterocycles. The van der Waals surface area contributed by atoms with Gasteiger partial charge in [0.2, 0.25) is 11.8 Å². The van der Waals surface area contributed by atoms with E-state index in [4.69, 9.17) is 10.5 Å². The van der Waals surface area contributed by atoms with Crippen molar-refractivity contribution in [3.05, 3.63) is 40.8 Å². The van der Waals surface area contributed by atoms with Gasteiger partial charge in [0.05, 0.1) is 17.8 Å². The van der Waals surface area contributed by atoms with E-state index in [1.54, 1.807) is 25.4 Å². The molecule has 7 heteroatoms. The highest BCUT2D eigenvalue weighted by Gasteiger charge is 2.14. The van der Waals surface area contributed by atoms with Crippen molar-refractivity contribution in [2.75, 3.05) is 25.1 Å². The van der Waals surface area contributed by atoms with E-state index in [0.29, 0.717) is 29.4 Å². The summed E-state index contributed by atoms with van der Waals surface area (Å²) in [5.41, 5.74) is 6.38. The number of ether oxygens (including phenoxy) is 1.